The summed E-state index contributed by atoms with van der Waals surface area (Å²) in [5.41, 5.74) is 0.240. The van der Waals surface area contributed by atoms with E-state index in [1.54, 1.807) is 0 Å². The van der Waals surface area contributed by atoms with E-state index < -0.39 is 22.5 Å². The van der Waals surface area contributed by atoms with Crippen LogP contribution in [-0.4, -0.2) is 49.0 Å². The number of methoxy groups -OCH3 is 1. The highest BCUT2D eigenvalue weighted by molar-refractivity contribution is 7.89. The van der Waals surface area contributed by atoms with Crippen LogP contribution in [0.15, 0.2) is 29.7 Å². The maximum absolute atomic E-state index is 12.4. The SMILES string of the molecule is C=CCN(CC(=O)O)S(=O)(=O)c1ccc(OC)nc1C. The van der Waals surface area contributed by atoms with Crippen molar-refractivity contribution in [3.05, 3.63) is 30.5 Å². The topological polar surface area (TPSA) is 96.8 Å². The monoisotopic (exact) mass is 300 g/mol. The Hall–Kier alpha value is -1.93. The molecule has 7 nitrogen and oxygen atoms in total. The van der Waals surface area contributed by atoms with Gasteiger partial charge in [0, 0.05) is 12.6 Å². The molecule has 0 amide bonds. The first-order valence-corrected chi connectivity index (χ1v) is 7.11. The van der Waals surface area contributed by atoms with Crippen molar-refractivity contribution in [2.45, 2.75) is 11.8 Å². The maximum Gasteiger partial charge on any atom is 0.318 e. The lowest BCUT2D eigenvalue weighted by molar-refractivity contribution is -0.137. The summed E-state index contributed by atoms with van der Waals surface area (Å²) in [4.78, 5) is 14.7. The van der Waals surface area contributed by atoms with E-state index in [0.717, 1.165) is 4.31 Å². The van der Waals surface area contributed by atoms with Gasteiger partial charge in [-0.3, -0.25) is 4.79 Å². The summed E-state index contributed by atoms with van der Waals surface area (Å²) in [5.74, 6) is -0.954. The summed E-state index contributed by atoms with van der Waals surface area (Å²) in [7, 11) is -2.53. The zero-order valence-electron chi connectivity index (χ0n) is 11.2. The van der Waals surface area contributed by atoms with Crippen molar-refractivity contribution < 1.29 is 23.1 Å². The number of sulfonamides is 1. The molecule has 0 aromatic carbocycles. The Labute approximate surface area is 117 Å². The first kappa shape index (κ1) is 16.1. The molecule has 0 aliphatic rings. The number of nitrogens with zero attached hydrogens (tertiary/aromatic N) is 2. The Morgan fingerprint density at radius 1 is 1.55 bits per heavy atom. The molecule has 1 aromatic heterocycles. The second-order valence-electron chi connectivity index (χ2n) is 3.92. The summed E-state index contributed by atoms with van der Waals surface area (Å²) in [6.45, 7) is 4.21. The minimum absolute atomic E-state index is 0.0543. The predicted molar refractivity (Wildman–Crippen MR) is 72.1 cm³/mol. The average Bonchev–Trinajstić information content (AvgIpc) is 2.37. The third-order valence-electron chi connectivity index (χ3n) is 2.48. The van der Waals surface area contributed by atoms with Crippen molar-refractivity contribution >= 4 is 16.0 Å². The average molecular weight is 300 g/mol. The van der Waals surface area contributed by atoms with Crippen molar-refractivity contribution in [2.75, 3.05) is 20.2 Å². The number of hydrogen-bond donors (Lipinski definition) is 1. The van der Waals surface area contributed by atoms with Gasteiger partial charge < -0.3 is 9.84 Å². The standard InChI is InChI=1S/C12H16N2O5S/c1-4-7-14(8-12(15)16)20(17,18)10-5-6-11(19-3)13-9(10)2/h4-6H,1,7-8H2,2-3H3,(H,15,16). The molecule has 20 heavy (non-hydrogen) atoms. The van der Waals surface area contributed by atoms with Gasteiger partial charge in [-0.1, -0.05) is 6.08 Å². The number of aryl methyl sites for hydroxylation is 1. The Morgan fingerprint density at radius 2 is 2.20 bits per heavy atom. The molecule has 0 aliphatic carbocycles. The lowest BCUT2D eigenvalue weighted by Gasteiger charge is -2.19. The van der Waals surface area contributed by atoms with Gasteiger partial charge in [0.1, 0.15) is 11.4 Å². The molecule has 110 valence electrons. The lowest BCUT2D eigenvalue weighted by atomic mass is 10.4. The molecule has 0 saturated carbocycles. The molecule has 0 bridgehead atoms. The van der Waals surface area contributed by atoms with Crippen LogP contribution in [0, 0.1) is 6.92 Å². The number of ether oxygens (including phenoxy) is 1. The first-order valence-electron chi connectivity index (χ1n) is 5.67. The second-order valence-corrected chi connectivity index (χ2v) is 5.82. The van der Waals surface area contributed by atoms with Crippen LogP contribution in [0.4, 0.5) is 0 Å². The van der Waals surface area contributed by atoms with Crippen molar-refractivity contribution in [2.24, 2.45) is 0 Å². The van der Waals surface area contributed by atoms with Crippen LogP contribution >= 0.6 is 0 Å². The van der Waals surface area contributed by atoms with Crippen molar-refractivity contribution in [1.29, 1.82) is 0 Å². The van der Waals surface area contributed by atoms with Gasteiger partial charge in [-0.25, -0.2) is 13.4 Å². The number of aliphatic carboxylic acids is 1. The molecule has 0 aliphatic heterocycles. The predicted octanol–water partition coefficient (Wildman–Crippen LogP) is 0.660. The van der Waals surface area contributed by atoms with E-state index >= 15 is 0 Å². The van der Waals surface area contributed by atoms with Crippen LogP contribution in [0.2, 0.25) is 0 Å². The summed E-state index contributed by atoms with van der Waals surface area (Å²) < 4.78 is 30.5. The third kappa shape index (κ3) is 3.55. The Balaban J connectivity index is 3.25. The molecule has 0 unspecified atom stereocenters. The molecule has 1 heterocycles. The molecular formula is C12H16N2O5S. The number of pyridine rings is 1. The van der Waals surface area contributed by atoms with Crippen LogP contribution in [-0.2, 0) is 14.8 Å². The highest BCUT2D eigenvalue weighted by Crippen LogP contribution is 2.21. The number of carbonyl (C=O) groups is 1. The molecule has 1 N–H and O–H groups in total. The molecule has 0 spiro atoms. The van der Waals surface area contributed by atoms with Gasteiger partial charge in [0.15, 0.2) is 0 Å². The first-order chi connectivity index (χ1) is 9.32. The van der Waals surface area contributed by atoms with Crippen LogP contribution in [0.1, 0.15) is 5.69 Å². The highest BCUT2D eigenvalue weighted by Gasteiger charge is 2.27. The molecule has 1 aromatic rings. The lowest BCUT2D eigenvalue weighted by Crippen LogP contribution is -2.36. The minimum atomic E-state index is -3.95. The molecule has 8 heteroatoms. The van der Waals surface area contributed by atoms with E-state index in [1.165, 1.54) is 32.2 Å². The van der Waals surface area contributed by atoms with Crippen LogP contribution in [0.25, 0.3) is 0 Å². The van der Waals surface area contributed by atoms with E-state index in [2.05, 4.69) is 11.6 Å². The third-order valence-corrected chi connectivity index (χ3v) is 4.43. The number of aromatic nitrogens is 1. The highest BCUT2D eigenvalue weighted by atomic mass is 32.2. The van der Waals surface area contributed by atoms with Gasteiger partial charge in [-0.15, -0.1) is 6.58 Å². The van der Waals surface area contributed by atoms with E-state index in [4.69, 9.17) is 9.84 Å². The minimum Gasteiger partial charge on any atom is -0.481 e. The number of carboxylic acids is 1. The maximum atomic E-state index is 12.4. The zero-order chi connectivity index (χ0) is 15.3. The van der Waals surface area contributed by atoms with E-state index in [-0.39, 0.29) is 23.0 Å². The van der Waals surface area contributed by atoms with Crippen LogP contribution < -0.4 is 4.74 Å². The van der Waals surface area contributed by atoms with E-state index in [0.29, 0.717) is 0 Å². The molecule has 1 rings (SSSR count). The summed E-state index contributed by atoms with van der Waals surface area (Å²) in [6, 6.07) is 2.75. The molecule has 0 saturated heterocycles. The Bertz CT molecular complexity index is 612. The van der Waals surface area contributed by atoms with Gasteiger partial charge in [-0.2, -0.15) is 4.31 Å². The van der Waals surface area contributed by atoms with Gasteiger partial charge >= 0.3 is 5.97 Å². The van der Waals surface area contributed by atoms with Gasteiger partial charge in [0.2, 0.25) is 15.9 Å². The van der Waals surface area contributed by atoms with Crippen LogP contribution in [0.5, 0.6) is 5.88 Å². The van der Waals surface area contributed by atoms with Crippen molar-refractivity contribution in [1.82, 2.24) is 9.29 Å². The van der Waals surface area contributed by atoms with E-state index in [1.807, 2.05) is 0 Å². The summed E-state index contributed by atoms with van der Waals surface area (Å²) in [6.07, 6.45) is 1.33. The molecule has 0 radical (unpaired) electrons. The van der Waals surface area contributed by atoms with Crippen LogP contribution in [0.3, 0.4) is 0 Å². The van der Waals surface area contributed by atoms with Gasteiger partial charge in [-0.05, 0) is 13.0 Å². The number of rotatable bonds is 7. The Kier molecular flexibility index (Phi) is 5.23. The van der Waals surface area contributed by atoms with Crippen molar-refractivity contribution in [3.8, 4) is 5.88 Å². The Morgan fingerprint density at radius 3 is 2.65 bits per heavy atom. The molecule has 0 atom stereocenters. The summed E-state index contributed by atoms with van der Waals surface area (Å²) in [5, 5.41) is 8.80. The second kappa shape index (κ2) is 6.49. The molecular weight excluding hydrogens is 284 g/mol. The fraction of sp³-hybridized carbons (Fsp3) is 0.333. The largest absolute Gasteiger partial charge is 0.481 e. The fourth-order valence-corrected chi connectivity index (χ4v) is 3.11. The van der Waals surface area contributed by atoms with Crippen molar-refractivity contribution in [3.63, 3.8) is 0 Å². The smallest absolute Gasteiger partial charge is 0.318 e. The summed E-state index contributed by atoms with van der Waals surface area (Å²) >= 11 is 0. The normalized spacial score (nSPS) is 11.3. The van der Waals surface area contributed by atoms with E-state index in [9.17, 15) is 13.2 Å². The molecule has 0 fully saturated rings. The van der Waals surface area contributed by atoms with Gasteiger partial charge in [0.25, 0.3) is 0 Å². The fourth-order valence-electron chi connectivity index (χ4n) is 1.59. The zero-order valence-corrected chi connectivity index (χ0v) is 12.1. The number of hydrogen-bond acceptors (Lipinski definition) is 5. The number of carboxylic acid groups (broad SMARTS) is 1. The van der Waals surface area contributed by atoms with Gasteiger partial charge in [0.05, 0.1) is 12.8 Å². The quantitative estimate of drug-likeness (QED) is 0.743.